The van der Waals surface area contributed by atoms with Crippen LogP contribution in [-0.4, -0.2) is 54.9 Å². The maximum absolute atomic E-state index is 13.6. The van der Waals surface area contributed by atoms with Crippen molar-refractivity contribution in [3.8, 4) is 0 Å². The Morgan fingerprint density at radius 1 is 0.833 bits per heavy atom. The number of piperazine rings is 1. The molecule has 0 aromatic heterocycles. The second kappa shape index (κ2) is 13.2. The van der Waals surface area contributed by atoms with Gasteiger partial charge in [0, 0.05) is 55.4 Å². The highest BCUT2D eigenvalue weighted by atomic mass is 35.5. The summed E-state index contributed by atoms with van der Waals surface area (Å²) in [7, 11) is 0. The minimum atomic E-state index is -0.547. The Labute approximate surface area is 217 Å². The molecule has 0 aliphatic carbocycles. The summed E-state index contributed by atoms with van der Waals surface area (Å²) >= 11 is 5.99. The van der Waals surface area contributed by atoms with E-state index in [0.29, 0.717) is 11.6 Å². The summed E-state index contributed by atoms with van der Waals surface area (Å²) in [5.74, 6) is -0.516. The number of rotatable bonds is 11. The summed E-state index contributed by atoms with van der Waals surface area (Å²) in [4.78, 5) is 2.37. The van der Waals surface area contributed by atoms with Crippen LogP contribution in [0.3, 0.4) is 0 Å². The zero-order valence-corrected chi connectivity index (χ0v) is 21.1. The van der Waals surface area contributed by atoms with Crippen molar-refractivity contribution in [3.63, 3.8) is 0 Å². The molecule has 0 radical (unpaired) electrons. The molecule has 192 valence electrons. The van der Waals surface area contributed by atoms with Crippen LogP contribution in [0, 0.1) is 11.6 Å². The van der Waals surface area contributed by atoms with Crippen molar-refractivity contribution in [3.05, 3.63) is 101 Å². The van der Waals surface area contributed by atoms with Crippen molar-refractivity contribution in [2.24, 2.45) is 0 Å². The number of aliphatic hydroxyl groups is 1. The van der Waals surface area contributed by atoms with Crippen molar-refractivity contribution in [2.75, 3.05) is 38.0 Å². The summed E-state index contributed by atoms with van der Waals surface area (Å²) in [6.45, 7) is 4.03. The summed E-state index contributed by atoms with van der Waals surface area (Å²) in [6, 6.07) is 20.6. The third kappa shape index (κ3) is 7.50. The smallest absolute Gasteiger partial charge is 0.123 e. The molecule has 1 fully saturated rings. The molecule has 1 heterocycles. The third-order valence-corrected chi connectivity index (χ3v) is 7.21. The van der Waals surface area contributed by atoms with E-state index in [1.807, 2.05) is 48.5 Å². The van der Waals surface area contributed by atoms with Crippen LogP contribution in [0.25, 0.3) is 0 Å². The number of anilines is 1. The molecule has 1 aliphatic heterocycles. The predicted molar refractivity (Wildman–Crippen MR) is 143 cm³/mol. The molecule has 3 N–H and O–H groups in total. The van der Waals surface area contributed by atoms with Crippen LogP contribution in [0.5, 0.6) is 0 Å². The summed E-state index contributed by atoms with van der Waals surface area (Å²) in [6.07, 6.45) is 1.96. The van der Waals surface area contributed by atoms with E-state index >= 15 is 0 Å². The second-order valence-corrected chi connectivity index (χ2v) is 9.83. The summed E-state index contributed by atoms with van der Waals surface area (Å²) in [5, 5.41) is 18.6. The summed E-state index contributed by atoms with van der Waals surface area (Å²) in [5.41, 5.74) is 2.93. The molecule has 4 nitrogen and oxygen atoms in total. The van der Waals surface area contributed by atoms with E-state index in [9.17, 15) is 13.9 Å². The molecular weight excluding hydrogens is 480 g/mol. The van der Waals surface area contributed by atoms with Gasteiger partial charge in [0.25, 0.3) is 0 Å². The normalized spacial score (nSPS) is 16.1. The first-order chi connectivity index (χ1) is 17.5. The lowest BCUT2D eigenvalue weighted by Crippen LogP contribution is -2.53. The SMILES string of the molecule is OC(CNc1ccc(Cl)cc1)C(CCCC(c1ccc(F)cc1)c1ccc(F)cc1)N1CCNCC1. The quantitative estimate of drug-likeness (QED) is 0.309. The first-order valence-electron chi connectivity index (χ1n) is 12.6. The number of nitrogens with zero attached hydrogens (tertiary/aromatic N) is 1. The fraction of sp³-hybridized carbons (Fsp3) is 0.379. The Morgan fingerprint density at radius 2 is 1.39 bits per heavy atom. The van der Waals surface area contributed by atoms with Gasteiger partial charge in [-0.3, -0.25) is 4.90 Å². The van der Waals surface area contributed by atoms with E-state index in [4.69, 9.17) is 11.6 Å². The van der Waals surface area contributed by atoms with Crippen LogP contribution in [-0.2, 0) is 0 Å². The van der Waals surface area contributed by atoms with Gasteiger partial charge >= 0.3 is 0 Å². The standard InChI is InChI=1S/C29H34ClF2N3O/c30-23-8-14-26(15-9-23)34-20-29(36)28(35-18-16-33-17-19-35)3-1-2-27(21-4-10-24(31)11-5-21)22-6-12-25(32)13-7-22/h4-15,27-29,33-34,36H,1-3,16-20H2. The van der Waals surface area contributed by atoms with Crippen molar-refractivity contribution < 1.29 is 13.9 Å². The van der Waals surface area contributed by atoms with Gasteiger partial charge in [-0.05, 0) is 72.5 Å². The number of hydrogen-bond acceptors (Lipinski definition) is 4. The first kappa shape index (κ1) is 26.6. The Balaban J connectivity index is 1.43. The number of benzene rings is 3. The van der Waals surface area contributed by atoms with E-state index in [1.54, 1.807) is 0 Å². The van der Waals surface area contributed by atoms with E-state index < -0.39 is 6.10 Å². The molecule has 7 heteroatoms. The van der Waals surface area contributed by atoms with E-state index in [1.165, 1.54) is 24.3 Å². The highest BCUT2D eigenvalue weighted by molar-refractivity contribution is 6.30. The Bertz CT molecular complexity index is 1010. The van der Waals surface area contributed by atoms with Gasteiger partial charge < -0.3 is 15.7 Å². The summed E-state index contributed by atoms with van der Waals surface area (Å²) < 4.78 is 27.1. The lowest BCUT2D eigenvalue weighted by atomic mass is 9.86. The molecule has 2 atom stereocenters. The van der Waals surface area contributed by atoms with Crippen molar-refractivity contribution >= 4 is 17.3 Å². The van der Waals surface area contributed by atoms with Gasteiger partial charge in [0.2, 0.25) is 0 Å². The molecular formula is C29H34ClF2N3O. The molecule has 0 spiro atoms. The van der Waals surface area contributed by atoms with Gasteiger partial charge in [0.1, 0.15) is 11.6 Å². The fourth-order valence-electron chi connectivity index (χ4n) is 5.01. The Kier molecular flexibility index (Phi) is 9.70. The molecule has 0 bridgehead atoms. The highest BCUT2D eigenvalue weighted by Crippen LogP contribution is 2.31. The van der Waals surface area contributed by atoms with Gasteiger partial charge in [-0.2, -0.15) is 0 Å². The topological polar surface area (TPSA) is 47.5 Å². The monoisotopic (exact) mass is 513 g/mol. The first-order valence-corrected chi connectivity index (χ1v) is 13.0. The van der Waals surface area contributed by atoms with Crippen LogP contribution < -0.4 is 10.6 Å². The fourth-order valence-corrected chi connectivity index (χ4v) is 5.13. The van der Waals surface area contributed by atoms with Crippen molar-refractivity contribution in [2.45, 2.75) is 37.3 Å². The largest absolute Gasteiger partial charge is 0.390 e. The molecule has 1 aliphatic rings. The maximum Gasteiger partial charge on any atom is 0.123 e. The van der Waals surface area contributed by atoms with Crippen molar-refractivity contribution in [1.29, 1.82) is 0 Å². The number of aliphatic hydroxyl groups excluding tert-OH is 1. The molecule has 4 rings (SSSR count). The number of nitrogens with one attached hydrogen (secondary N) is 2. The van der Waals surface area contributed by atoms with Crippen LogP contribution in [0.4, 0.5) is 14.5 Å². The highest BCUT2D eigenvalue weighted by Gasteiger charge is 2.27. The third-order valence-electron chi connectivity index (χ3n) is 6.96. The van der Waals surface area contributed by atoms with Crippen LogP contribution in [0.2, 0.25) is 5.02 Å². The van der Waals surface area contributed by atoms with Crippen LogP contribution in [0.15, 0.2) is 72.8 Å². The van der Waals surface area contributed by atoms with Crippen LogP contribution in [0.1, 0.15) is 36.3 Å². The molecule has 1 saturated heterocycles. The zero-order valence-electron chi connectivity index (χ0n) is 20.3. The average Bonchev–Trinajstić information content (AvgIpc) is 2.90. The molecule has 3 aromatic carbocycles. The van der Waals surface area contributed by atoms with E-state index in [2.05, 4.69) is 15.5 Å². The lowest BCUT2D eigenvalue weighted by Gasteiger charge is -2.38. The molecule has 36 heavy (non-hydrogen) atoms. The van der Waals surface area contributed by atoms with Gasteiger partial charge in [-0.1, -0.05) is 42.3 Å². The molecule has 3 aromatic rings. The molecule has 0 amide bonds. The minimum absolute atomic E-state index is 0.00832. The van der Waals surface area contributed by atoms with E-state index in [-0.39, 0.29) is 23.6 Å². The van der Waals surface area contributed by atoms with Crippen molar-refractivity contribution in [1.82, 2.24) is 10.2 Å². The van der Waals surface area contributed by atoms with Gasteiger partial charge in [0.15, 0.2) is 0 Å². The maximum atomic E-state index is 13.6. The van der Waals surface area contributed by atoms with Gasteiger partial charge in [-0.25, -0.2) is 8.78 Å². The second-order valence-electron chi connectivity index (χ2n) is 9.40. The van der Waals surface area contributed by atoms with Crippen LogP contribution >= 0.6 is 11.6 Å². The average molecular weight is 514 g/mol. The predicted octanol–water partition coefficient (Wildman–Crippen LogP) is 5.67. The zero-order chi connectivity index (χ0) is 25.3. The Hall–Kier alpha value is -2.51. The van der Waals surface area contributed by atoms with Gasteiger partial charge in [0.05, 0.1) is 6.10 Å². The molecule has 0 saturated carbocycles. The van der Waals surface area contributed by atoms with E-state index in [0.717, 1.165) is 62.3 Å². The van der Waals surface area contributed by atoms with Gasteiger partial charge in [-0.15, -0.1) is 0 Å². The lowest BCUT2D eigenvalue weighted by molar-refractivity contribution is 0.0433. The number of hydrogen-bond donors (Lipinski definition) is 3. The Morgan fingerprint density at radius 3 is 1.94 bits per heavy atom. The molecule has 2 unspecified atom stereocenters. The minimum Gasteiger partial charge on any atom is -0.390 e. The number of halogens is 3.